The lowest BCUT2D eigenvalue weighted by atomic mass is 10.8. The first kappa shape index (κ1) is 30.0. The number of carbonyl (C=O) groups is 4. The van der Waals surface area contributed by atoms with Crippen LogP contribution in [0.4, 0.5) is 19.2 Å². The second kappa shape index (κ2) is 13.9. The highest BCUT2D eigenvalue weighted by Crippen LogP contribution is 2.55. The third kappa shape index (κ3) is 11.1. The van der Waals surface area contributed by atoms with Gasteiger partial charge in [0.1, 0.15) is 25.1 Å². The Morgan fingerprint density at radius 2 is 0.667 bits per heavy atom. The summed E-state index contributed by atoms with van der Waals surface area (Å²) in [6, 6.07) is -1.20. The first-order chi connectivity index (χ1) is 13.3. The number of nitrogens with one attached hydrogen (secondary N) is 4. The van der Waals surface area contributed by atoms with Gasteiger partial charge < -0.3 is 53.3 Å². The third-order valence-corrected chi connectivity index (χ3v) is 7.20. The largest absolute Gasteiger partial charge is 1.00 e. The number of hydrogen-bond donors (Lipinski definition) is 4. The van der Waals surface area contributed by atoms with Gasteiger partial charge in [-0.3, -0.25) is 0 Å². The Morgan fingerprint density at radius 1 is 0.500 bits per heavy atom. The molecule has 0 aliphatic carbocycles. The molecular weight excluding hydrogens is 435 g/mol. The van der Waals surface area contributed by atoms with Gasteiger partial charge in [0.15, 0.2) is 0 Å². The number of carbonyl (C=O) groups excluding carboxylic acids is 4. The molecule has 0 fully saturated rings. The molecule has 0 spiro atoms. The topological polar surface area (TPSA) is 129 Å². The van der Waals surface area contributed by atoms with Crippen molar-refractivity contribution in [3.8, 4) is 0 Å². The maximum absolute atomic E-state index is 12.1. The van der Waals surface area contributed by atoms with Crippen LogP contribution in [0.3, 0.4) is 0 Å². The molecule has 12 nitrogen and oxygen atoms in total. The molecule has 0 heterocycles. The van der Waals surface area contributed by atoms with Crippen LogP contribution in [0.5, 0.6) is 0 Å². The van der Waals surface area contributed by atoms with Crippen molar-refractivity contribution < 1.29 is 31.6 Å². The van der Waals surface area contributed by atoms with Gasteiger partial charge in [-0.15, -0.1) is 0 Å². The Bertz CT molecular complexity index is 488. The van der Waals surface area contributed by atoms with E-state index in [2.05, 4.69) is 21.3 Å². The van der Waals surface area contributed by atoms with Crippen molar-refractivity contribution in [1.82, 2.24) is 40.9 Å². The Morgan fingerprint density at radius 3 is 0.800 bits per heavy atom. The van der Waals surface area contributed by atoms with E-state index in [4.69, 9.17) is 0 Å². The fourth-order valence-electron chi connectivity index (χ4n) is 1.91. The number of nitrogens with zero attached hydrogens (tertiary/aromatic N) is 4. The fraction of sp³-hybridized carbons (Fsp3) is 0.750. The van der Waals surface area contributed by atoms with Crippen LogP contribution in [0.2, 0.25) is 0 Å². The molecule has 176 valence electrons. The van der Waals surface area contributed by atoms with E-state index in [1.807, 2.05) is 0 Å². The number of amides is 8. The molecule has 0 rings (SSSR count). The lowest BCUT2D eigenvalue weighted by Gasteiger charge is -2.30. The van der Waals surface area contributed by atoms with Gasteiger partial charge in [0.25, 0.3) is 0 Å². The molecule has 0 atom stereocenters. The number of rotatable bonds is 8. The van der Waals surface area contributed by atoms with Crippen LogP contribution < -0.4 is 33.7 Å². The van der Waals surface area contributed by atoms with E-state index in [1.165, 1.54) is 19.6 Å². The van der Waals surface area contributed by atoms with E-state index in [-0.39, 0.29) is 61.7 Å². The molecule has 0 aromatic rings. The highest BCUT2D eigenvalue weighted by molar-refractivity contribution is 7.75. The molecule has 0 bridgehead atoms. The number of urea groups is 4. The van der Waals surface area contributed by atoms with Crippen molar-refractivity contribution >= 4 is 31.4 Å². The van der Waals surface area contributed by atoms with E-state index in [0.29, 0.717) is 0 Å². The van der Waals surface area contributed by atoms with Gasteiger partial charge in [-0.25, -0.2) is 19.2 Å². The average Bonchev–Trinajstić information content (AvgIpc) is 2.64. The van der Waals surface area contributed by atoms with Crippen LogP contribution in [0.25, 0.3) is 0 Å². The second-order valence-corrected chi connectivity index (χ2v) is 11.4. The maximum Gasteiger partial charge on any atom is 0.319 e. The number of halogens is 1. The van der Waals surface area contributed by atoms with Gasteiger partial charge in [-0.05, 0) is 0 Å². The minimum atomic E-state index is -2.30. The molecule has 14 heteroatoms. The number of hydrogen-bond acceptors (Lipinski definition) is 4. The maximum atomic E-state index is 12.1. The molecule has 8 amide bonds. The summed E-state index contributed by atoms with van der Waals surface area (Å²) in [7, 11) is 10.6. The van der Waals surface area contributed by atoms with Crippen LogP contribution in [-0.4, -0.2) is 125 Å². The Labute approximate surface area is 185 Å². The third-order valence-electron chi connectivity index (χ3n) is 3.89. The summed E-state index contributed by atoms with van der Waals surface area (Å²) in [6.07, 6.45) is 0.885. The zero-order chi connectivity index (χ0) is 22.8. The lowest BCUT2D eigenvalue weighted by Crippen LogP contribution is -3.00. The molecule has 0 aliphatic rings. The Hall–Kier alpha value is -2.20. The molecule has 0 aromatic carbocycles. The molecule has 0 unspecified atom stereocenters. The quantitative estimate of drug-likeness (QED) is 0.280. The summed E-state index contributed by atoms with van der Waals surface area (Å²) < 4.78 is 0. The Kier molecular flexibility index (Phi) is 13.9. The van der Waals surface area contributed by atoms with Gasteiger partial charge in [0.2, 0.25) is 0 Å². The fourth-order valence-corrected chi connectivity index (χ4v) is 4.46. The predicted octanol–water partition coefficient (Wildman–Crippen LogP) is -3.08. The molecule has 0 radical (unpaired) electrons. The molecule has 0 aliphatic heterocycles. The van der Waals surface area contributed by atoms with Crippen molar-refractivity contribution in [3.63, 3.8) is 0 Å². The highest BCUT2D eigenvalue weighted by atomic mass is 35.5. The van der Waals surface area contributed by atoms with Crippen molar-refractivity contribution in [3.05, 3.63) is 0 Å². The van der Waals surface area contributed by atoms with Crippen molar-refractivity contribution in [2.45, 2.75) is 0 Å². The minimum absolute atomic E-state index is 0. The van der Waals surface area contributed by atoms with E-state index in [1.54, 1.807) is 56.4 Å². The average molecular weight is 471 g/mol. The first-order valence-electron chi connectivity index (χ1n) is 8.97. The summed E-state index contributed by atoms with van der Waals surface area (Å²) in [5.41, 5.74) is 0. The SMILES string of the molecule is CN(C)C(=O)NC[P+](CNC(=O)N(C)C)(CNC(=O)N(C)C)CNC(=O)N(C)C.[Cl-]. The van der Waals surface area contributed by atoms with E-state index < -0.39 is 7.26 Å². The zero-order valence-corrected chi connectivity index (χ0v) is 20.7. The van der Waals surface area contributed by atoms with Gasteiger partial charge >= 0.3 is 24.1 Å². The van der Waals surface area contributed by atoms with Crippen molar-refractivity contribution in [2.24, 2.45) is 0 Å². The highest BCUT2D eigenvalue weighted by Gasteiger charge is 2.40. The van der Waals surface area contributed by atoms with Crippen LogP contribution in [0.1, 0.15) is 0 Å². The molecule has 4 N–H and O–H groups in total. The summed E-state index contributed by atoms with van der Waals surface area (Å²) in [4.78, 5) is 53.9. The van der Waals surface area contributed by atoms with E-state index in [0.717, 1.165) is 0 Å². The molecular formula is C16H36ClN8O4P. The van der Waals surface area contributed by atoms with Crippen molar-refractivity contribution in [1.29, 1.82) is 0 Å². The molecule has 0 aromatic heterocycles. The van der Waals surface area contributed by atoms with Gasteiger partial charge in [0.05, 0.1) is 7.26 Å². The van der Waals surface area contributed by atoms with Crippen LogP contribution in [0, 0.1) is 0 Å². The summed E-state index contributed by atoms with van der Waals surface area (Å²) in [6.45, 7) is 0. The van der Waals surface area contributed by atoms with Crippen LogP contribution >= 0.6 is 7.26 Å². The van der Waals surface area contributed by atoms with Gasteiger partial charge in [-0.1, -0.05) is 0 Å². The summed E-state index contributed by atoms with van der Waals surface area (Å²) in [5.74, 6) is 0. The summed E-state index contributed by atoms with van der Waals surface area (Å²) in [5, 5.41) is 11.3. The standard InChI is InChI=1S/C16H35N8O4P.ClH/c1-21(2)13(25)17-9-29(10-18-14(26)22(3)4,11-19-15(27)23(5)6)12-20-16(28)24(7)8;/h9-12H2,1-8H3,(H3-,17,18,19,20,25,26,27,28);1H. The zero-order valence-electron chi connectivity index (χ0n) is 19.1. The normalized spacial score (nSPS) is 10.1. The van der Waals surface area contributed by atoms with Gasteiger partial charge in [0, 0.05) is 56.4 Å². The second-order valence-electron chi connectivity index (χ2n) is 7.48. The smallest absolute Gasteiger partial charge is 0.319 e. The van der Waals surface area contributed by atoms with Gasteiger partial charge in [-0.2, -0.15) is 0 Å². The Balaban J connectivity index is 0. The van der Waals surface area contributed by atoms with Crippen LogP contribution in [0.15, 0.2) is 0 Å². The lowest BCUT2D eigenvalue weighted by molar-refractivity contribution is -0.0000191. The van der Waals surface area contributed by atoms with Crippen molar-refractivity contribution in [2.75, 3.05) is 81.5 Å². The first-order valence-corrected chi connectivity index (χ1v) is 11.5. The minimum Gasteiger partial charge on any atom is -1.00 e. The summed E-state index contributed by atoms with van der Waals surface area (Å²) >= 11 is 0. The molecule has 0 saturated carbocycles. The van der Waals surface area contributed by atoms with E-state index in [9.17, 15) is 19.2 Å². The molecule has 0 saturated heterocycles. The molecule has 30 heavy (non-hydrogen) atoms. The predicted molar refractivity (Wildman–Crippen MR) is 115 cm³/mol. The van der Waals surface area contributed by atoms with E-state index >= 15 is 0 Å². The van der Waals surface area contributed by atoms with Crippen LogP contribution in [-0.2, 0) is 0 Å². The monoisotopic (exact) mass is 470 g/mol.